The van der Waals surface area contributed by atoms with Gasteiger partial charge in [-0.3, -0.25) is 0 Å². The molecule has 0 aliphatic heterocycles. The van der Waals surface area contributed by atoms with Gasteiger partial charge in [0.2, 0.25) is 0 Å². The lowest BCUT2D eigenvalue weighted by molar-refractivity contribution is 0.669. The molecular formula is C50H34N2O. The Kier molecular flexibility index (Phi) is 7.47. The van der Waals surface area contributed by atoms with E-state index >= 15 is 0 Å². The molecule has 1 aromatic heterocycles. The van der Waals surface area contributed by atoms with Crippen LogP contribution in [0.4, 0.5) is 34.1 Å². The van der Waals surface area contributed by atoms with E-state index in [1.54, 1.807) is 0 Å². The number of hydrogen-bond donors (Lipinski definition) is 0. The first-order chi connectivity index (χ1) is 26.3. The Labute approximate surface area is 308 Å². The van der Waals surface area contributed by atoms with Crippen molar-refractivity contribution < 1.29 is 4.42 Å². The third-order valence-corrected chi connectivity index (χ3v) is 10.2. The maximum absolute atomic E-state index is 6.62. The van der Waals surface area contributed by atoms with E-state index < -0.39 is 0 Å². The van der Waals surface area contributed by atoms with Crippen molar-refractivity contribution in [3.63, 3.8) is 0 Å². The second-order valence-corrected chi connectivity index (χ2v) is 13.4. The van der Waals surface area contributed by atoms with Gasteiger partial charge in [0.1, 0.15) is 11.2 Å². The van der Waals surface area contributed by atoms with Crippen molar-refractivity contribution in [3.05, 3.63) is 206 Å². The molecule has 250 valence electrons. The molecule has 0 saturated carbocycles. The average molecular weight is 679 g/mol. The summed E-state index contributed by atoms with van der Waals surface area (Å²) < 4.78 is 6.62. The zero-order valence-corrected chi connectivity index (χ0v) is 28.9. The highest BCUT2D eigenvalue weighted by Crippen LogP contribution is 2.46. The smallest absolute Gasteiger partial charge is 0.137 e. The molecule has 0 saturated heterocycles. The van der Waals surface area contributed by atoms with Gasteiger partial charge in [-0.1, -0.05) is 127 Å². The highest BCUT2D eigenvalue weighted by Gasteiger charge is 2.21. The van der Waals surface area contributed by atoms with Crippen LogP contribution in [0.5, 0.6) is 0 Å². The minimum Gasteiger partial charge on any atom is -0.456 e. The van der Waals surface area contributed by atoms with Gasteiger partial charge in [-0.05, 0) is 112 Å². The molecule has 0 radical (unpaired) electrons. The van der Waals surface area contributed by atoms with Crippen molar-refractivity contribution in [2.45, 2.75) is 0 Å². The molecule has 0 atom stereocenters. The summed E-state index contributed by atoms with van der Waals surface area (Å²) in [6.45, 7) is 0. The molecule has 0 amide bonds. The van der Waals surface area contributed by atoms with E-state index in [2.05, 4.69) is 216 Å². The van der Waals surface area contributed by atoms with E-state index in [0.29, 0.717) is 0 Å². The first-order valence-corrected chi connectivity index (χ1v) is 18.0. The summed E-state index contributed by atoms with van der Waals surface area (Å²) in [6, 6.07) is 73.3. The second-order valence-electron chi connectivity index (χ2n) is 13.4. The monoisotopic (exact) mass is 678 g/mol. The van der Waals surface area contributed by atoms with Gasteiger partial charge in [0, 0.05) is 33.8 Å². The van der Waals surface area contributed by atoms with E-state index in [-0.39, 0.29) is 0 Å². The van der Waals surface area contributed by atoms with E-state index in [4.69, 9.17) is 4.42 Å². The summed E-state index contributed by atoms with van der Waals surface area (Å²) in [5.74, 6) is 0. The van der Waals surface area contributed by atoms with Crippen molar-refractivity contribution in [1.82, 2.24) is 0 Å². The SMILES string of the molecule is c1ccc(-c2ccc(N(c3ccccc3)c3cccc(N(c4ccccc4)c4cccc5oc6cc7ccc8ccccc8c7cc6c45)c3)cc2)cc1. The van der Waals surface area contributed by atoms with Crippen LogP contribution in [0.3, 0.4) is 0 Å². The van der Waals surface area contributed by atoms with Crippen LogP contribution in [0, 0.1) is 0 Å². The number of hydrogen-bond acceptors (Lipinski definition) is 3. The Balaban J connectivity index is 1.16. The minimum absolute atomic E-state index is 0.860. The van der Waals surface area contributed by atoms with Gasteiger partial charge in [-0.25, -0.2) is 0 Å². The van der Waals surface area contributed by atoms with Gasteiger partial charge >= 0.3 is 0 Å². The molecule has 0 unspecified atom stereocenters. The standard InChI is InChI=1S/C50H34N2O/c1-4-14-35(15-5-1)36-28-30-41(31-29-36)51(39-17-6-2-7-18-39)42-21-12-22-43(33-42)52(40-19-8-3-9-20-40)47-24-13-25-48-50(47)46-34-45-38(32-49(46)53-48)27-26-37-16-10-11-23-44(37)45/h1-34H. The van der Waals surface area contributed by atoms with Gasteiger partial charge in [-0.2, -0.15) is 0 Å². The van der Waals surface area contributed by atoms with E-state index in [1.807, 2.05) is 0 Å². The average Bonchev–Trinajstić information content (AvgIpc) is 3.60. The molecule has 10 rings (SSSR count). The van der Waals surface area contributed by atoms with Crippen molar-refractivity contribution in [3.8, 4) is 11.1 Å². The third kappa shape index (κ3) is 5.47. The fourth-order valence-electron chi connectivity index (χ4n) is 7.73. The van der Waals surface area contributed by atoms with Crippen LogP contribution < -0.4 is 9.80 Å². The van der Waals surface area contributed by atoms with E-state index in [1.165, 1.54) is 32.7 Å². The lowest BCUT2D eigenvalue weighted by Crippen LogP contribution is -2.13. The fraction of sp³-hybridized carbons (Fsp3) is 0. The van der Waals surface area contributed by atoms with Gasteiger partial charge in [0.15, 0.2) is 0 Å². The lowest BCUT2D eigenvalue weighted by atomic mass is 9.99. The van der Waals surface area contributed by atoms with Crippen LogP contribution >= 0.6 is 0 Å². The van der Waals surface area contributed by atoms with Crippen LogP contribution in [-0.2, 0) is 0 Å². The van der Waals surface area contributed by atoms with E-state index in [0.717, 1.165) is 56.1 Å². The summed E-state index contributed by atoms with van der Waals surface area (Å²) in [5.41, 5.74) is 10.5. The molecule has 0 N–H and O–H groups in total. The number of para-hydroxylation sites is 2. The number of anilines is 6. The van der Waals surface area contributed by atoms with Gasteiger partial charge < -0.3 is 14.2 Å². The fourth-order valence-corrected chi connectivity index (χ4v) is 7.73. The van der Waals surface area contributed by atoms with Crippen LogP contribution in [0.15, 0.2) is 211 Å². The molecule has 0 bridgehead atoms. The Bertz CT molecular complexity index is 2880. The highest BCUT2D eigenvalue weighted by molar-refractivity contribution is 6.19. The number of furan rings is 1. The maximum Gasteiger partial charge on any atom is 0.137 e. The number of nitrogens with zero attached hydrogens (tertiary/aromatic N) is 2. The van der Waals surface area contributed by atoms with Gasteiger partial charge in [0.05, 0.1) is 11.1 Å². The zero-order chi connectivity index (χ0) is 35.1. The number of fused-ring (bicyclic) bond motifs is 6. The van der Waals surface area contributed by atoms with Crippen LogP contribution in [-0.4, -0.2) is 0 Å². The molecule has 53 heavy (non-hydrogen) atoms. The molecule has 10 aromatic rings. The van der Waals surface area contributed by atoms with Crippen molar-refractivity contribution in [1.29, 1.82) is 0 Å². The largest absolute Gasteiger partial charge is 0.456 e. The zero-order valence-electron chi connectivity index (χ0n) is 28.9. The van der Waals surface area contributed by atoms with E-state index in [9.17, 15) is 0 Å². The second kappa shape index (κ2) is 12.9. The Morgan fingerprint density at radius 3 is 1.62 bits per heavy atom. The van der Waals surface area contributed by atoms with Gasteiger partial charge in [-0.15, -0.1) is 0 Å². The molecule has 0 aliphatic rings. The Morgan fingerprint density at radius 2 is 0.868 bits per heavy atom. The van der Waals surface area contributed by atoms with Crippen molar-refractivity contribution in [2.24, 2.45) is 0 Å². The predicted molar refractivity (Wildman–Crippen MR) is 224 cm³/mol. The summed E-state index contributed by atoms with van der Waals surface area (Å²) in [4.78, 5) is 4.68. The van der Waals surface area contributed by atoms with Crippen molar-refractivity contribution >= 4 is 77.6 Å². The summed E-state index contributed by atoms with van der Waals surface area (Å²) in [6.07, 6.45) is 0. The third-order valence-electron chi connectivity index (χ3n) is 10.2. The maximum atomic E-state index is 6.62. The molecule has 0 spiro atoms. The van der Waals surface area contributed by atoms with Crippen LogP contribution in [0.25, 0.3) is 54.6 Å². The first kappa shape index (κ1) is 30.7. The van der Waals surface area contributed by atoms with Crippen LogP contribution in [0.1, 0.15) is 0 Å². The first-order valence-electron chi connectivity index (χ1n) is 18.0. The normalized spacial score (nSPS) is 11.4. The van der Waals surface area contributed by atoms with Crippen molar-refractivity contribution in [2.75, 3.05) is 9.80 Å². The summed E-state index contributed by atoms with van der Waals surface area (Å²) >= 11 is 0. The lowest BCUT2D eigenvalue weighted by Gasteiger charge is -2.29. The quantitative estimate of drug-likeness (QED) is 0.156. The molecule has 9 aromatic carbocycles. The summed E-state index contributed by atoms with van der Waals surface area (Å²) in [5, 5.41) is 7.04. The topological polar surface area (TPSA) is 19.6 Å². The molecule has 3 heteroatoms. The Morgan fingerprint density at radius 1 is 0.302 bits per heavy atom. The van der Waals surface area contributed by atoms with Crippen LogP contribution in [0.2, 0.25) is 0 Å². The minimum atomic E-state index is 0.860. The molecule has 0 aliphatic carbocycles. The molecular weight excluding hydrogens is 645 g/mol. The van der Waals surface area contributed by atoms with Gasteiger partial charge in [0.25, 0.3) is 0 Å². The highest BCUT2D eigenvalue weighted by atomic mass is 16.3. The summed E-state index contributed by atoms with van der Waals surface area (Å²) in [7, 11) is 0. The molecule has 3 nitrogen and oxygen atoms in total. The predicted octanol–water partition coefficient (Wildman–Crippen LogP) is 14.5. The Hall–Kier alpha value is -7.10. The number of benzene rings is 9. The molecule has 0 fully saturated rings. The molecule has 1 heterocycles. The number of rotatable bonds is 7.